The van der Waals surface area contributed by atoms with E-state index in [1.807, 2.05) is 13.0 Å². The highest BCUT2D eigenvalue weighted by molar-refractivity contribution is 8.04. The van der Waals surface area contributed by atoms with E-state index in [-0.39, 0.29) is 11.5 Å². The van der Waals surface area contributed by atoms with E-state index >= 15 is 0 Å². The van der Waals surface area contributed by atoms with Crippen molar-refractivity contribution in [1.82, 2.24) is 15.2 Å². The Hall–Kier alpha value is -2.68. The number of carbonyl (C=O) groups is 1. The van der Waals surface area contributed by atoms with Crippen molar-refractivity contribution in [3.05, 3.63) is 68.3 Å². The second-order valence-electron chi connectivity index (χ2n) is 6.68. The van der Waals surface area contributed by atoms with E-state index < -0.39 is 5.97 Å². The molecule has 0 unspecified atom stereocenters. The van der Waals surface area contributed by atoms with Gasteiger partial charge in [0.15, 0.2) is 11.5 Å². The van der Waals surface area contributed by atoms with Crippen molar-refractivity contribution in [3.8, 4) is 11.5 Å². The van der Waals surface area contributed by atoms with Gasteiger partial charge in [-0.1, -0.05) is 42.3 Å². The number of nitrogens with zero attached hydrogens (tertiary/aromatic N) is 2. The van der Waals surface area contributed by atoms with Gasteiger partial charge in [-0.2, -0.15) is 0 Å². The van der Waals surface area contributed by atoms with E-state index in [2.05, 4.69) is 15.2 Å². The molecule has 1 aromatic heterocycles. The summed E-state index contributed by atoms with van der Waals surface area (Å²) in [7, 11) is 1.52. The van der Waals surface area contributed by atoms with E-state index in [1.165, 1.54) is 13.2 Å². The Morgan fingerprint density at radius 3 is 2.69 bits per heavy atom. The quantitative estimate of drug-likeness (QED) is 0.269. The molecule has 0 radical (unpaired) electrons. The number of methoxy groups -OCH3 is 1. The highest BCUT2D eigenvalue weighted by Gasteiger charge is 2.15. The minimum Gasteiger partial charge on any atom is -0.493 e. The van der Waals surface area contributed by atoms with Crippen LogP contribution in [0.15, 0.2) is 46.5 Å². The van der Waals surface area contributed by atoms with Gasteiger partial charge in [0, 0.05) is 6.42 Å². The van der Waals surface area contributed by atoms with Gasteiger partial charge >= 0.3 is 5.97 Å². The molecular weight excluding hydrogens is 473 g/mol. The van der Waals surface area contributed by atoms with Crippen LogP contribution in [0.1, 0.15) is 30.3 Å². The topological polar surface area (TPSA) is 97.3 Å². The van der Waals surface area contributed by atoms with Crippen LogP contribution in [0.3, 0.4) is 0 Å². The summed E-state index contributed by atoms with van der Waals surface area (Å²) in [5.41, 5.74) is 1.49. The molecule has 10 heteroatoms. The molecule has 0 fully saturated rings. The number of hydrogen-bond acceptors (Lipinski definition) is 6. The molecule has 0 spiro atoms. The third kappa shape index (κ3) is 6.41. The first-order valence-electron chi connectivity index (χ1n) is 9.68. The highest BCUT2D eigenvalue weighted by atomic mass is 35.5. The van der Waals surface area contributed by atoms with Gasteiger partial charge in [0.2, 0.25) is 5.16 Å². The zero-order valence-electron chi connectivity index (χ0n) is 17.4. The summed E-state index contributed by atoms with van der Waals surface area (Å²) in [4.78, 5) is 16.1. The summed E-state index contributed by atoms with van der Waals surface area (Å²) in [5, 5.41) is 17.8. The van der Waals surface area contributed by atoms with Gasteiger partial charge in [0.05, 0.1) is 17.2 Å². The van der Waals surface area contributed by atoms with Crippen molar-refractivity contribution >= 4 is 47.0 Å². The van der Waals surface area contributed by atoms with Crippen molar-refractivity contribution in [3.63, 3.8) is 0 Å². The van der Waals surface area contributed by atoms with Gasteiger partial charge in [-0.05, 0) is 59.7 Å². The van der Waals surface area contributed by atoms with Gasteiger partial charge in [-0.15, -0.1) is 5.10 Å². The third-order valence-electron chi connectivity index (χ3n) is 4.27. The van der Waals surface area contributed by atoms with Crippen LogP contribution in [0.25, 0.3) is 6.08 Å². The summed E-state index contributed by atoms with van der Waals surface area (Å²) in [5.74, 6) is 0.635. The van der Waals surface area contributed by atoms with Crippen molar-refractivity contribution in [2.45, 2.75) is 31.5 Å². The molecule has 32 heavy (non-hydrogen) atoms. The smallest absolute Gasteiger partial charge is 0.342 e. The van der Waals surface area contributed by atoms with Crippen LogP contribution in [-0.2, 0) is 17.8 Å². The maximum Gasteiger partial charge on any atom is 0.342 e. The molecule has 0 aliphatic carbocycles. The molecule has 0 saturated heterocycles. The number of aromatic amines is 1. The maximum absolute atomic E-state index is 11.7. The van der Waals surface area contributed by atoms with E-state index in [0.717, 1.165) is 36.0 Å². The van der Waals surface area contributed by atoms with Gasteiger partial charge in [-0.25, -0.2) is 9.78 Å². The lowest BCUT2D eigenvalue weighted by molar-refractivity contribution is -0.131. The zero-order chi connectivity index (χ0) is 23.1. The van der Waals surface area contributed by atoms with Crippen molar-refractivity contribution in [2.75, 3.05) is 7.11 Å². The molecule has 0 aliphatic rings. The largest absolute Gasteiger partial charge is 0.493 e. The Labute approximate surface area is 199 Å². The molecule has 0 amide bonds. The Balaban J connectivity index is 1.76. The Morgan fingerprint density at radius 1 is 1.19 bits per heavy atom. The number of benzene rings is 2. The Bertz CT molecular complexity index is 1130. The first-order valence-corrected chi connectivity index (χ1v) is 11.3. The summed E-state index contributed by atoms with van der Waals surface area (Å²) in [6.45, 7) is 2.30. The van der Waals surface area contributed by atoms with Crippen molar-refractivity contribution in [1.29, 1.82) is 0 Å². The number of hydrogen-bond donors (Lipinski definition) is 2. The summed E-state index contributed by atoms with van der Waals surface area (Å²) < 4.78 is 11.3. The molecule has 0 aliphatic heterocycles. The number of nitrogens with one attached hydrogen (secondary N) is 1. The number of ether oxygens (including phenoxy) is 2. The summed E-state index contributed by atoms with van der Waals surface area (Å²) >= 11 is 13.0. The fourth-order valence-electron chi connectivity index (χ4n) is 2.74. The van der Waals surface area contributed by atoms with Crippen LogP contribution in [-0.4, -0.2) is 33.4 Å². The summed E-state index contributed by atoms with van der Waals surface area (Å²) in [6.07, 6.45) is 3.20. The molecule has 7 nitrogen and oxygen atoms in total. The van der Waals surface area contributed by atoms with Crippen molar-refractivity contribution in [2.24, 2.45) is 0 Å². The molecule has 2 N–H and O–H groups in total. The van der Waals surface area contributed by atoms with Gasteiger partial charge in [-0.3, -0.25) is 5.10 Å². The number of carboxylic acid groups (broad SMARTS) is 1. The number of thioether (sulfide) groups is 1. The van der Waals surface area contributed by atoms with Gasteiger partial charge < -0.3 is 14.6 Å². The lowest BCUT2D eigenvalue weighted by atomic mass is 10.2. The SMILES string of the molecule is CCCc1nc(S/C(=C\c2ccc(OCc3ccc(Cl)c(Cl)c3)c(OC)c2)C(=O)O)n[nH]1. The molecule has 0 bridgehead atoms. The standard InChI is InChI=1S/C22H21Cl2N3O4S/c1-3-4-20-25-22(27-26-20)32-19(21(28)29)11-13-6-8-17(18(10-13)30-2)31-12-14-5-7-15(23)16(24)9-14/h5-11H,3-4,12H2,1-2H3,(H,28,29)(H,25,26,27)/b19-11-. The predicted molar refractivity (Wildman–Crippen MR) is 126 cm³/mol. The van der Waals surface area contributed by atoms with Crippen LogP contribution >= 0.6 is 35.0 Å². The van der Waals surface area contributed by atoms with Crippen LogP contribution in [0.4, 0.5) is 0 Å². The van der Waals surface area contributed by atoms with Crippen LogP contribution < -0.4 is 9.47 Å². The number of aryl methyl sites for hydroxylation is 1. The van der Waals surface area contributed by atoms with E-state index in [4.69, 9.17) is 32.7 Å². The Kier molecular flexibility index (Phi) is 8.44. The number of halogens is 2. The average Bonchev–Trinajstić information content (AvgIpc) is 3.21. The predicted octanol–water partition coefficient (Wildman–Crippen LogP) is 5.87. The molecule has 1 heterocycles. The maximum atomic E-state index is 11.7. The first kappa shape index (κ1) is 24.0. The highest BCUT2D eigenvalue weighted by Crippen LogP contribution is 2.32. The normalized spacial score (nSPS) is 11.4. The minimum atomic E-state index is -1.07. The van der Waals surface area contributed by atoms with Gasteiger partial charge in [0.1, 0.15) is 17.3 Å². The van der Waals surface area contributed by atoms with Crippen LogP contribution in [0.2, 0.25) is 10.0 Å². The second-order valence-corrected chi connectivity index (χ2v) is 8.50. The Morgan fingerprint density at radius 2 is 2.00 bits per heavy atom. The lowest BCUT2D eigenvalue weighted by Crippen LogP contribution is -1.99. The molecule has 2 aromatic carbocycles. The molecule has 3 aromatic rings. The van der Waals surface area contributed by atoms with E-state index in [9.17, 15) is 9.90 Å². The molecule has 0 saturated carbocycles. The first-order chi connectivity index (χ1) is 15.4. The molecule has 3 rings (SSSR count). The van der Waals surface area contributed by atoms with Crippen LogP contribution in [0.5, 0.6) is 11.5 Å². The van der Waals surface area contributed by atoms with Gasteiger partial charge in [0.25, 0.3) is 0 Å². The number of rotatable bonds is 10. The third-order valence-corrected chi connectivity index (χ3v) is 5.89. The average molecular weight is 494 g/mol. The van der Waals surface area contributed by atoms with E-state index in [1.54, 1.807) is 30.3 Å². The molecule has 168 valence electrons. The number of aliphatic carboxylic acids is 1. The second kappa shape index (κ2) is 11.3. The molecule has 0 atom stereocenters. The number of carboxylic acids is 1. The van der Waals surface area contributed by atoms with E-state index in [0.29, 0.717) is 32.3 Å². The number of aromatic nitrogens is 3. The van der Waals surface area contributed by atoms with Crippen molar-refractivity contribution < 1.29 is 19.4 Å². The molecular formula is C22H21Cl2N3O4S. The van der Waals surface area contributed by atoms with Crippen LogP contribution in [0, 0.1) is 0 Å². The summed E-state index contributed by atoms with van der Waals surface area (Å²) in [6, 6.07) is 10.4. The number of H-pyrrole nitrogens is 1. The fraction of sp³-hybridized carbons (Fsp3) is 0.227. The monoisotopic (exact) mass is 493 g/mol. The fourth-order valence-corrected chi connectivity index (χ4v) is 3.79. The zero-order valence-corrected chi connectivity index (χ0v) is 19.7. The lowest BCUT2D eigenvalue weighted by Gasteiger charge is -2.12. The minimum absolute atomic E-state index is 0.0820.